The molecule has 0 N–H and O–H groups in total. The summed E-state index contributed by atoms with van der Waals surface area (Å²) in [5, 5.41) is 4.68. The number of halogens is 1. The molecule has 0 spiro atoms. The standard InChI is InChI=1S/C14H25BrN4/c1-5-12-14(15)13(19(6-2)16-12)10-18-8-7-17(4)9-11(18)3/h11H,5-10H2,1-4H3. The van der Waals surface area contributed by atoms with E-state index in [0.717, 1.165) is 39.1 Å². The molecule has 1 aromatic rings. The number of hydrogen-bond acceptors (Lipinski definition) is 3. The fourth-order valence-electron chi connectivity index (χ4n) is 2.77. The van der Waals surface area contributed by atoms with E-state index in [9.17, 15) is 0 Å². The Kier molecular flexibility index (Phi) is 5.03. The fourth-order valence-corrected chi connectivity index (χ4v) is 3.46. The van der Waals surface area contributed by atoms with Crippen LogP contribution in [0.3, 0.4) is 0 Å². The maximum Gasteiger partial charge on any atom is 0.0767 e. The van der Waals surface area contributed by atoms with Crippen LogP contribution >= 0.6 is 15.9 Å². The smallest absolute Gasteiger partial charge is 0.0767 e. The minimum atomic E-state index is 0.607. The lowest BCUT2D eigenvalue weighted by atomic mass is 10.2. The van der Waals surface area contributed by atoms with Crippen LogP contribution in [0.2, 0.25) is 0 Å². The molecule has 1 aliphatic rings. The van der Waals surface area contributed by atoms with Crippen LogP contribution in [0.4, 0.5) is 0 Å². The number of nitrogens with zero attached hydrogens (tertiary/aromatic N) is 4. The quantitative estimate of drug-likeness (QED) is 0.848. The van der Waals surface area contributed by atoms with Gasteiger partial charge in [0.05, 0.1) is 15.9 Å². The van der Waals surface area contributed by atoms with Crippen LogP contribution in [0, 0.1) is 0 Å². The van der Waals surface area contributed by atoms with Crippen molar-refractivity contribution in [1.29, 1.82) is 0 Å². The summed E-state index contributed by atoms with van der Waals surface area (Å²) >= 11 is 3.74. The van der Waals surface area contributed by atoms with Crippen LogP contribution in [0.15, 0.2) is 4.47 Å². The molecule has 0 aliphatic carbocycles. The number of aromatic nitrogens is 2. The van der Waals surface area contributed by atoms with Crippen LogP contribution in [-0.2, 0) is 19.5 Å². The highest BCUT2D eigenvalue weighted by Gasteiger charge is 2.24. The highest BCUT2D eigenvalue weighted by molar-refractivity contribution is 9.10. The molecule has 1 saturated heterocycles. The molecule has 0 saturated carbocycles. The Labute approximate surface area is 124 Å². The van der Waals surface area contributed by atoms with Crippen LogP contribution in [0.25, 0.3) is 0 Å². The lowest BCUT2D eigenvalue weighted by molar-refractivity contribution is 0.0912. The van der Waals surface area contributed by atoms with Crippen molar-refractivity contribution < 1.29 is 0 Å². The third-order valence-corrected chi connectivity index (χ3v) is 4.93. The molecule has 19 heavy (non-hydrogen) atoms. The summed E-state index contributed by atoms with van der Waals surface area (Å²) in [5.74, 6) is 0. The van der Waals surface area contributed by atoms with Gasteiger partial charge in [-0.1, -0.05) is 6.92 Å². The molecule has 1 aliphatic heterocycles. The number of piperazine rings is 1. The SMILES string of the molecule is CCc1nn(CC)c(CN2CCN(C)CC2C)c1Br. The summed E-state index contributed by atoms with van der Waals surface area (Å²) in [5.41, 5.74) is 2.51. The van der Waals surface area contributed by atoms with Gasteiger partial charge in [0.15, 0.2) is 0 Å². The topological polar surface area (TPSA) is 24.3 Å². The normalized spacial score (nSPS) is 22.1. The predicted octanol–water partition coefficient (Wildman–Crippen LogP) is 2.36. The van der Waals surface area contributed by atoms with Crippen molar-refractivity contribution in [2.75, 3.05) is 26.7 Å². The first kappa shape index (κ1) is 15.0. The summed E-state index contributed by atoms with van der Waals surface area (Å²) in [6.07, 6.45) is 0.985. The van der Waals surface area contributed by atoms with Crippen LogP contribution in [0.1, 0.15) is 32.2 Å². The molecule has 2 rings (SSSR count). The summed E-state index contributed by atoms with van der Waals surface area (Å²) in [4.78, 5) is 4.97. The molecular formula is C14H25BrN4. The second kappa shape index (κ2) is 6.37. The third kappa shape index (κ3) is 3.20. The van der Waals surface area contributed by atoms with Gasteiger partial charge in [-0.15, -0.1) is 0 Å². The molecule has 0 bridgehead atoms. The Bertz CT molecular complexity index is 429. The minimum absolute atomic E-state index is 0.607. The Morgan fingerprint density at radius 3 is 2.63 bits per heavy atom. The number of rotatable bonds is 4. The lowest BCUT2D eigenvalue weighted by Gasteiger charge is -2.38. The van der Waals surface area contributed by atoms with Gasteiger partial charge in [-0.3, -0.25) is 9.58 Å². The van der Waals surface area contributed by atoms with E-state index in [1.165, 1.54) is 15.9 Å². The van der Waals surface area contributed by atoms with Crippen molar-refractivity contribution in [1.82, 2.24) is 19.6 Å². The average Bonchev–Trinajstić information content (AvgIpc) is 2.69. The van der Waals surface area contributed by atoms with Gasteiger partial charge in [0.2, 0.25) is 0 Å². The number of aryl methyl sites for hydroxylation is 2. The molecule has 1 atom stereocenters. The van der Waals surface area contributed by atoms with Crippen molar-refractivity contribution in [3.05, 3.63) is 15.9 Å². The van der Waals surface area contributed by atoms with E-state index in [4.69, 9.17) is 0 Å². The maximum absolute atomic E-state index is 4.68. The number of hydrogen-bond donors (Lipinski definition) is 0. The van der Waals surface area contributed by atoms with Crippen molar-refractivity contribution in [2.24, 2.45) is 0 Å². The van der Waals surface area contributed by atoms with Crippen molar-refractivity contribution in [3.8, 4) is 0 Å². The third-order valence-electron chi connectivity index (χ3n) is 4.02. The van der Waals surface area contributed by atoms with Crippen LogP contribution in [-0.4, -0.2) is 52.3 Å². The summed E-state index contributed by atoms with van der Waals surface area (Å²) < 4.78 is 3.36. The van der Waals surface area contributed by atoms with Gasteiger partial charge in [0.1, 0.15) is 0 Å². The van der Waals surface area contributed by atoms with E-state index in [1.807, 2.05) is 0 Å². The van der Waals surface area contributed by atoms with Gasteiger partial charge in [-0.25, -0.2) is 0 Å². The van der Waals surface area contributed by atoms with E-state index >= 15 is 0 Å². The Hall–Kier alpha value is -0.390. The van der Waals surface area contributed by atoms with Gasteiger partial charge in [0, 0.05) is 38.8 Å². The highest BCUT2D eigenvalue weighted by atomic mass is 79.9. The van der Waals surface area contributed by atoms with Gasteiger partial charge in [-0.05, 0) is 43.2 Å². The molecule has 0 radical (unpaired) electrons. The van der Waals surface area contributed by atoms with E-state index in [2.05, 4.69) is 63.3 Å². The van der Waals surface area contributed by atoms with Gasteiger partial charge in [0.25, 0.3) is 0 Å². The summed E-state index contributed by atoms with van der Waals surface area (Å²) in [6.45, 7) is 12.0. The second-order valence-electron chi connectivity index (χ2n) is 5.46. The molecule has 1 aromatic heterocycles. The zero-order valence-electron chi connectivity index (χ0n) is 12.5. The molecule has 5 heteroatoms. The summed E-state index contributed by atoms with van der Waals surface area (Å²) in [6, 6.07) is 0.607. The van der Waals surface area contributed by atoms with Crippen LogP contribution < -0.4 is 0 Å². The van der Waals surface area contributed by atoms with E-state index in [1.54, 1.807) is 0 Å². The Morgan fingerprint density at radius 1 is 1.32 bits per heavy atom. The molecule has 0 aromatic carbocycles. The molecule has 0 amide bonds. The minimum Gasteiger partial charge on any atom is -0.304 e. The van der Waals surface area contributed by atoms with Crippen molar-refractivity contribution in [3.63, 3.8) is 0 Å². The van der Waals surface area contributed by atoms with Crippen molar-refractivity contribution >= 4 is 15.9 Å². The monoisotopic (exact) mass is 328 g/mol. The zero-order chi connectivity index (χ0) is 14.0. The van der Waals surface area contributed by atoms with Gasteiger partial charge in [-0.2, -0.15) is 5.10 Å². The van der Waals surface area contributed by atoms with E-state index in [0.29, 0.717) is 6.04 Å². The summed E-state index contributed by atoms with van der Waals surface area (Å²) in [7, 11) is 2.20. The average molecular weight is 329 g/mol. The largest absolute Gasteiger partial charge is 0.304 e. The van der Waals surface area contributed by atoms with Gasteiger partial charge < -0.3 is 4.90 Å². The number of likely N-dealkylation sites (N-methyl/N-ethyl adjacent to an activating group) is 1. The molecular weight excluding hydrogens is 304 g/mol. The van der Waals surface area contributed by atoms with Crippen molar-refractivity contribution in [2.45, 2.75) is 46.3 Å². The highest BCUT2D eigenvalue weighted by Crippen LogP contribution is 2.25. The Morgan fingerprint density at radius 2 is 2.05 bits per heavy atom. The molecule has 108 valence electrons. The fraction of sp³-hybridized carbons (Fsp3) is 0.786. The zero-order valence-corrected chi connectivity index (χ0v) is 14.1. The van der Waals surface area contributed by atoms with E-state index in [-0.39, 0.29) is 0 Å². The molecule has 2 heterocycles. The first-order chi connectivity index (χ1) is 9.06. The first-order valence-corrected chi connectivity index (χ1v) is 8.02. The Balaban J connectivity index is 2.16. The maximum atomic E-state index is 4.68. The van der Waals surface area contributed by atoms with Crippen LogP contribution in [0.5, 0.6) is 0 Å². The van der Waals surface area contributed by atoms with E-state index < -0.39 is 0 Å². The predicted molar refractivity (Wildman–Crippen MR) is 82.3 cm³/mol. The lowest BCUT2D eigenvalue weighted by Crippen LogP contribution is -2.50. The second-order valence-corrected chi connectivity index (χ2v) is 6.25. The molecule has 4 nitrogen and oxygen atoms in total. The molecule has 1 unspecified atom stereocenters. The van der Waals surface area contributed by atoms with Gasteiger partial charge >= 0.3 is 0 Å². The molecule has 1 fully saturated rings. The first-order valence-electron chi connectivity index (χ1n) is 7.23.